The number of aliphatic imine (C=N–C) groups is 1. The molecule has 5 nitrogen and oxygen atoms in total. The van der Waals surface area contributed by atoms with Crippen LogP contribution in [-0.2, 0) is 15.1 Å². The molecule has 3 rings (SSSR count). The van der Waals surface area contributed by atoms with Crippen LogP contribution in [0.2, 0.25) is 0 Å². The summed E-state index contributed by atoms with van der Waals surface area (Å²) in [6.45, 7) is 0.0699. The second kappa shape index (κ2) is 3.68. The molecule has 0 N–H and O–H groups in total. The van der Waals surface area contributed by atoms with Crippen LogP contribution in [0.3, 0.4) is 0 Å². The molecule has 0 aromatic heterocycles. The van der Waals surface area contributed by atoms with Crippen molar-refractivity contribution in [3.63, 3.8) is 0 Å². The standard InChI is InChI=1S/C13H12N2O3/c1-15-10-6-9(13(4-5-13)14-8-16)2-3-11(10)18-7-12(15)17/h2-3,6H,4-5,7H2,1H3. The van der Waals surface area contributed by atoms with Gasteiger partial charge in [0.1, 0.15) is 5.75 Å². The van der Waals surface area contributed by atoms with Crippen LogP contribution in [0.5, 0.6) is 5.75 Å². The van der Waals surface area contributed by atoms with Gasteiger partial charge in [-0.05, 0) is 30.5 Å². The van der Waals surface area contributed by atoms with Crippen molar-refractivity contribution in [3.8, 4) is 5.75 Å². The quantitative estimate of drug-likeness (QED) is 0.583. The van der Waals surface area contributed by atoms with E-state index in [4.69, 9.17) is 4.74 Å². The summed E-state index contributed by atoms with van der Waals surface area (Å²) in [6.07, 6.45) is 3.33. The number of likely N-dealkylation sites (N-methyl/N-ethyl adjacent to an activating group) is 1. The first kappa shape index (κ1) is 11.0. The first-order valence-corrected chi connectivity index (χ1v) is 5.79. The Bertz CT molecular complexity index is 572. The Kier molecular flexibility index (Phi) is 2.25. The Morgan fingerprint density at radius 3 is 2.89 bits per heavy atom. The highest BCUT2D eigenvalue weighted by molar-refractivity contribution is 5.97. The van der Waals surface area contributed by atoms with Gasteiger partial charge in [-0.25, -0.2) is 4.79 Å². The molecule has 1 aromatic carbocycles. The molecule has 1 amide bonds. The van der Waals surface area contributed by atoms with E-state index in [1.807, 2.05) is 18.2 Å². The number of anilines is 1. The number of rotatable bonds is 2. The minimum absolute atomic E-state index is 0.0699. The molecule has 0 saturated heterocycles. The van der Waals surface area contributed by atoms with Gasteiger partial charge in [0.25, 0.3) is 5.91 Å². The average molecular weight is 244 g/mol. The summed E-state index contributed by atoms with van der Waals surface area (Å²) in [4.78, 5) is 27.5. The predicted octanol–water partition coefficient (Wildman–Crippen LogP) is 1.37. The number of benzene rings is 1. The highest BCUT2D eigenvalue weighted by Gasteiger charge is 2.45. The fourth-order valence-corrected chi connectivity index (χ4v) is 2.23. The van der Waals surface area contributed by atoms with Crippen molar-refractivity contribution in [1.82, 2.24) is 0 Å². The first-order valence-electron chi connectivity index (χ1n) is 5.79. The largest absolute Gasteiger partial charge is 0.482 e. The van der Waals surface area contributed by atoms with Crippen molar-refractivity contribution in [3.05, 3.63) is 23.8 Å². The van der Waals surface area contributed by atoms with E-state index in [9.17, 15) is 9.59 Å². The van der Waals surface area contributed by atoms with Crippen LogP contribution in [0, 0.1) is 0 Å². The third kappa shape index (κ3) is 1.52. The van der Waals surface area contributed by atoms with Gasteiger partial charge in [-0.1, -0.05) is 6.07 Å². The van der Waals surface area contributed by atoms with E-state index in [0.29, 0.717) is 5.75 Å². The zero-order valence-corrected chi connectivity index (χ0v) is 9.97. The van der Waals surface area contributed by atoms with Crippen LogP contribution in [0.25, 0.3) is 0 Å². The molecule has 2 aliphatic rings. The number of carbonyl (C=O) groups is 1. The lowest BCUT2D eigenvalue weighted by Gasteiger charge is -2.27. The Balaban J connectivity index is 2.05. The van der Waals surface area contributed by atoms with Crippen molar-refractivity contribution in [2.45, 2.75) is 18.4 Å². The van der Waals surface area contributed by atoms with Gasteiger partial charge in [-0.3, -0.25) is 4.79 Å². The molecule has 1 heterocycles. The van der Waals surface area contributed by atoms with Crippen LogP contribution in [0.1, 0.15) is 18.4 Å². The zero-order valence-electron chi connectivity index (χ0n) is 9.97. The minimum Gasteiger partial charge on any atom is -0.482 e. The smallest absolute Gasteiger partial charge is 0.264 e. The van der Waals surface area contributed by atoms with Gasteiger partial charge in [0.2, 0.25) is 6.08 Å². The lowest BCUT2D eigenvalue weighted by molar-refractivity contribution is -0.120. The maximum absolute atomic E-state index is 11.6. The molecule has 1 fully saturated rings. The highest BCUT2D eigenvalue weighted by Crippen LogP contribution is 2.50. The van der Waals surface area contributed by atoms with Crippen molar-refractivity contribution >= 4 is 17.7 Å². The van der Waals surface area contributed by atoms with Crippen LogP contribution < -0.4 is 9.64 Å². The monoisotopic (exact) mass is 244 g/mol. The summed E-state index contributed by atoms with van der Waals surface area (Å²) < 4.78 is 5.35. The summed E-state index contributed by atoms with van der Waals surface area (Å²) >= 11 is 0. The van der Waals surface area contributed by atoms with Gasteiger partial charge in [-0.2, -0.15) is 4.99 Å². The lowest BCUT2D eigenvalue weighted by Crippen LogP contribution is -2.35. The lowest BCUT2D eigenvalue weighted by atomic mass is 10.0. The number of ether oxygens (including phenoxy) is 1. The van der Waals surface area contributed by atoms with Crippen molar-refractivity contribution < 1.29 is 14.3 Å². The fourth-order valence-electron chi connectivity index (χ4n) is 2.23. The Morgan fingerprint density at radius 1 is 1.44 bits per heavy atom. The SMILES string of the molecule is CN1C(=O)COc2ccc(C3(N=C=O)CC3)cc21. The van der Waals surface area contributed by atoms with Gasteiger partial charge in [0.05, 0.1) is 11.2 Å². The Morgan fingerprint density at radius 2 is 2.22 bits per heavy atom. The van der Waals surface area contributed by atoms with Gasteiger partial charge in [0, 0.05) is 7.05 Å². The normalized spacial score (nSPS) is 19.6. The molecule has 0 atom stereocenters. The van der Waals surface area contributed by atoms with Gasteiger partial charge in [0.15, 0.2) is 6.61 Å². The average Bonchev–Trinajstić information content (AvgIpc) is 3.15. The van der Waals surface area contributed by atoms with E-state index in [1.165, 1.54) is 0 Å². The predicted molar refractivity (Wildman–Crippen MR) is 64.4 cm³/mol. The molecule has 1 aliphatic heterocycles. The van der Waals surface area contributed by atoms with Gasteiger partial charge >= 0.3 is 0 Å². The van der Waals surface area contributed by atoms with E-state index in [0.717, 1.165) is 24.1 Å². The van der Waals surface area contributed by atoms with E-state index >= 15 is 0 Å². The van der Waals surface area contributed by atoms with E-state index < -0.39 is 5.54 Å². The number of hydrogen-bond acceptors (Lipinski definition) is 4. The minimum atomic E-state index is -0.419. The maximum atomic E-state index is 11.6. The second-order valence-corrected chi connectivity index (χ2v) is 4.66. The molecule has 18 heavy (non-hydrogen) atoms. The number of hydrogen-bond donors (Lipinski definition) is 0. The van der Waals surface area contributed by atoms with Crippen LogP contribution in [0.4, 0.5) is 5.69 Å². The van der Waals surface area contributed by atoms with E-state index in [-0.39, 0.29) is 12.5 Å². The Hall–Kier alpha value is -2.13. The van der Waals surface area contributed by atoms with Crippen LogP contribution in [-0.4, -0.2) is 25.6 Å². The van der Waals surface area contributed by atoms with Crippen LogP contribution in [0.15, 0.2) is 23.2 Å². The first-order chi connectivity index (χ1) is 8.66. The molecule has 1 saturated carbocycles. The fraction of sp³-hybridized carbons (Fsp3) is 0.385. The summed E-state index contributed by atoms with van der Waals surface area (Å²) in [5, 5.41) is 0. The third-order valence-electron chi connectivity index (χ3n) is 3.57. The number of carbonyl (C=O) groups excluding carboxylic acids is 2. The molecule has 92 valence electrons. The number of amides is 1. The molecular formula is C13H12N2O3. The summed E-state index contributed by atoms with van der Waals surface area (Å²) in [5.74, 6) is 0.607. The molecule has 1 aromatic rings. The number of isocyanates is 1. The molecule has 0 spiro atoms. The van der Waals surface area contributed by atoms with E-state index in [1.54, 1.807) is 18.0 Å². The molecule has 0 bridgehead atoms. The van der Waals surface area contributed by atoms with Crippen LogP contribution >= 0.6 is 0 Å². The topological polar surface area (TPSA) is 59.0 Å². The zero-order chi connectivity index (χ0) is 12.8. The maximum Gasteiger partial charge on any atom is 0.264 e. The number of nitrogens with zero attached hydrogens (tertiary/aromatic N) is 2. The van der Waals surface area contributed by atoms with E-state index in [2.05, 4.69) is 4.99 Å². The van der Waals surface area contributed by atoms with Crippen molar-refractivity contribution in [2.75, 3.05) is 18.6 Å². The molecular weight excluding hydrogens is 232 g/mol. The second-order valence-electron chi connectivity index (χ2n) is 4.66. The third-order valence-corrected chi connectivity index (χ3v) is 3.57. The summed E-state index contributed by atoms with van der Waals surface area (Å²) in [7, 11) is 1.72. The van der Waals surface area contributed by atoms with Gasteiger partial charge < -0.3 is 9.64 Å². The number of fused-ring (bicyclic) bond motifs is 1. The van der Waals surface area contributed by atoms with Crippen molar-refractivity contribution in [2.24, 2.45) is 4.99 Å². The molecule has 1 aliphatic carbocycles. The van der Waals surface area contributed by atoms with Crippen molar-refractivity contribution in [1.29, 1.82) is 0 Å². The molecule has 0 unspecified atom stereocenters. The highest BCUT2D eigenvalue weighted by atomic mass is 16.5. The summed E-state index contributed by atoms with van der Waals surface area (Å²) in [5.41, 5.74) is 1.25. The summed E-state index contributed by atoms with van der Waals surface area (Å²) in [6, 6.07) is 5.60. The molecule has 5 heteroatoms. The molecule has 0 radical (unpaired) electrons. The Labute approximate surface area is 104 Å². The van der Waals surface area contributed by atoms with Gasteiger partial charge in [-0.15, -0.1) is 0 Å².